The Hall–Kier alpha value is -3.01. The highest BCUT2D eigenvalue weighted by Gasteiger charge is 2.25. The highest BCUT2D eigenvalue weighted by molar-refractivity contribution is 5.71. The van der Waals surface area contributed by atoms with Gasteiger partial charge in [0.25, 0.3) is 6.29 Å². The largest absolute Gasteiger partial charge is 0.477 e. The van der Waals surface area contributed by atoms with Gasteiger partial charge in [-0.3, -0.25) is 9.59 Å². The Morgan fingerprint density at radius 3 is 0.941 bits per heavy atom. The molecule has 0 saturated heterocycles. The van der Waals surface area contributed by atoms with Gasteiger partial charge in [0, 0.05) is 12.8 Å². The van der Waals surface area contributed by atoms with Crippen LogP contribution in [-0.4, -0.2) is 87.4 Å². The Labute approximate surface area is 526 Å². The van der Waals surface area contributed by atoms with Gasteiger partial charge in [0.1, 0.15) is 13.2 Å². The smallest absolute Gasteiger partial charge is 0.361 e. The van der Waals surface area contributed by atoms with Crippen molar-refractivity contribution in [1.82, 2.24) is 0 Å². The molecule has 0 aliphatic rings. The maximum absolute atomic E-state index is 12.9. The van der Waals surface area contributed by atoms with Crippen LogP contribution in [0, 0.1) is 0 Å². The van der Waals surface area contributed by atoms with Crippen LogP contribution in [0.5, 0.6) is 0 Å². The van der Waals surface area contributed by atoms with E-state index in [-0.39, 0.29) is 38.2 Å². The van der Waals surface area contributed by atoms with E-state index < -0.39 is 18.4 Å². The molecule has 2 unspecified atom stereocenters. The predicted octanol–water partition coefficient (Wildman–Crippen LogP) is 22.7. The number of carboxylic acid groups (broad SMARTS) is 1. The molecule has 0 saturated carbocycles. The summed E-state index contributed by atoms with van der Waals surface area (Å²) >= 11 is 0. The number of rotatable bonds is 68. The van der Waals surface area contributed by atoms with Crippen LogP contribution in [0.15, 0.2) is 60.8 Å². The average molecular weight is 1200 g/mol. The molecule has 0 aliphatic carbocycles. The first-order chi connectivity index (χ1) is 41.6. The van der Waals surface area contributed by atoms with Crippen LogP contribution in [0.3, 0.4) is 0 Å². The minimum absolute atomic E-state index is 0.181. The van der Waals surface area contributed by atoms with Crippen molar-refractivity contribution >= 4 is 17.9 Å². The van der Waals surface area contributed by atoms with Crippen molar-refractivity contribution in [2.45, 2.75) is 360 Å². The number of carbonyl (C=O) groups is 3. The first-order valence-electron chi connectivity index (χ1n) is 36.5. The molecule has 1 N–H and O–H groups in total. The molecule has 0 aromatic heterocycles. The van der Waals surface area contributed by atoms with E-state index in [0.29, 0.717) is 17.4 Å². The van der Waals surface area contributed by atoms with Gasteiger partial charge < -0.3 is 28.5 Å². The molecular formula is C76H140NO8+. The molecule has 0 spiro atoms. The van der Waals surface area contributed by atoms with Gasteiger partial charge in [-0.1, -0.05) is 312 Å². The zero-order chi connectivity index (χ0) is 61.9. The van der Waals surface area contributed by atoms with Crippen molar-refractivity contribution in [3.63, 3.8) is 0 Å². The number of quaternary nitrogens is 1. The Kier molecular flexibility index (Phi) is 64.6. The topological polar surface area (TPSA) is 108 Å². The summed E-state index contributed by atoms with van der Waals surface area (Å²) in [4.78, 5) is 37.6. The number of aliphatic carboxylic acids is 1. The second-order valence-corrected chi connectivity index (χ2v) is 25.9. The molecule has 0 bridgehead atoms. The van der Waals surface area contributed by atoms with Crippen LogP contribution in [0.1, 0.15) is 348 Å². The quantitative estimate of drug-likeness (QED) is 0.0211. The molecule has 0 aliphatic heterocycles. The van der Waals surface area contributed by atoms with E-state index in [1.165, 1.54) is 263 Å². The van der Waals surface area contributed by atoms with E-state index in [9.17, 15) is 19.5 Å². The first kappa shape index (κ1) is 82.0. The summed E-state index contributed by atoms with van der Waals surface area (Å²) in [7, 11) is 5.98. The summed E-state index contributed by atoms with van der Waals surface area (Å²) in [5.74, 6) is -1.99. The molecule has 2 atom stereocenters. The second kappa shape index (κ2) is 66.9. The maximum atomic E-state index is 12.9. The lowest BCUT2D eigenvalue weighted by molar-refractivity contribution is -0.870. The van der Waals surface area contributed by atoms with Crippen molar-refractivity contribution in [3.05, 3.63) is 60.8 Å². The molecule has 0 heterocycles. The van der Waals surface area contributed by atoms with Crippen LogP contribution in [-0.2, 0) is 33.3 Å². The summed E-state index contributed by atoms with van der Waals surface area (Å²) in [5.41, 5.74) is 0. The van der Waals surface area contributed by atoms with E-state index in [0.717, 1.165) is 57.8 Å². The van der Waals surface area contributed by atoms with Crippen molar-refractivity contribution in [1.29, 1.82) is 0 Å². The van der Waals surface area contributed by atoms with Crippen LogP contribution in [0.25, 0.3) is 0 Å². The zero-order valence-electron chi connectivity index (χ0n) is 56.8. The van der Waals surface area contributed by atoms with Gasteiger partial charge in [0.2, 0.25) is 0 Å². The molecule has 0 radical (unpaired) electrons. The fourth-order valence-corrected chi connectivity index (χ4v) is 10.6. The average Bonchev–Trinajstić information content (AvgIpc) is 3.49. The molecule has 9 nitrogen and oxygen atoms in total. The third kappa shape index (κ3) is 68.3. The number of esters is 2. The lowest BCUT2D eigenvalue weighted by atomic mass is 10.0. The summed E-state index contributed by atoms with van der Waals surface area (Å²) in [6.45, 7) is 4.90. The standard InChI is InChI=1S/C76H139NO8/c1-6-8-10-12-14-16-18-20-22-24-26-28-29-30-31-32-33-34-35-36-37-38-39-40-41-42-43-44-45-47-49-51-53-55-57-59-61-63-65-67-74(79)85-72(71-84-76(75(80)81)82-69-68-77(3,4)5)70-83-73(78)66-64-62-60-58-56-54-52-50-48-46-27-25-23-21-19-17-15-13-11-9-7-2/h18-21,24-27,29-30,72,76H,6-17,22-23,28,31-71H2,1-5H3/p+1/b20-18-,21-19-,26-24-,27-25-,30-29-. The number of hydrogen-bond acceptors (Lipinski definition) is 7. The Bertz CT molecular complexity index is 1580. The number of carbonyl (C=O) groups excluding carboxylic acids is 2. The molecular weight excluding hydrogens is 1050 g/mol. The summed E-state index contributed by atoms with van der Waals surface area (Å²) in [6.07, 6.45) is 84.9. The number of unbranched alkanes of at least 4 members (excludes halogenated alkanes) is 43. The number of likely N-dealkylation sites (N-methyl/N-ethyl adjacent to an activating group) is 1. The first-order valence-corrected chi connectivity index (χ1v) is 36.5. The number of allylic oxidation sites excluding steroid dienone is 10. The minimum atomic E-state index is -1.51. The molecule has 9 heteroatoms. The molecule has 0 rings (SSSR count). The second-order valence-electron chi connectivity index (χ2n) is 25.9. The monoisotopic (exact) mass is 1200 g/mol. The van der Waals surface area contributed by atoms with Crippen LogP contribution < -0.4 is 0 Å². The third-order valence-corrected chi connectivity index (χ3v) is 16.2. The summed E-state index contributed by atoms with van der Waals surface area (Å²) in [5, 5.41) is 9.74. The Morgan fingerprint density at radius 1 is 0.353 bits per heavy atom. The predicted molar refractivity (Wildman–Crippen MR) is 364 cm³/mol. The maximum Gasteiger partial charge on any atom is 0.361 e. The summed E-state index contributed by atoms with van der Waals surface area (Å²) < 4.78 is 23.0. The van der Waals surface area contributed by atoms with Gasteiger partial charge >= 0.3 is 17.9 Å². The van der Waals surface area contributed by atoms with Gasteiger partial charge in [-0.2, -0.15) is 0 Å². The van der Waals surface area contributed by atoms with E-state index >= 15 is 0 Å². The summed E-state index contributed by atoms with van der Waals surface area (Å²) in [6, 6.07) is 0. The highest BCUT2D eigenvalue weighted by atomic mass is 16.7. The Balaban J connectivity index is 3.99. The van der Waals surface area contributed by atoms with Crippen LogP contribution in [0.2, 0.25) is 0 Å². The van der Waals surface area contributed by atoms with E-state index in [2.05, 4.69) is 74.6 Å². The number of ether oxygens (including phenoxy) is 4. The van der Waals surface area contributed by atoms with Gasteiger partial charge in [-0.25, -0.2) is 4.79 Å². The van der Waals surface area contributed by atoms with Crippen molar-refractivity contribution < 1.29 is 42.9 Å². The number of nitrogens with zero attached hydrogens (tertiary/aromatic N) is 1. The molecule has 496 valence electrons. The van der Waals surface area contributed by atoms with Crippen molar-refractivity contribution in [2.75, 3.05) is 47.5 Å². The molecule has 0 aromatic carbocycles. The number of hydrogen-bond donors (Lipinski definition) is 1. The van der Waals surface area contributed by atoms with Crippen molar-refractivity contribution in [3.8, 4) is 0 Å². The third-order valence-electron chi connectivity index (χ3n) is 16.2. The van der Waals surface area contributed by atoms with E-state index in [4.69, 9.17) is 18.9 Å². The highest BCUT2D eigenvalue weighted by Crippen LogP contribution is 2.18. The molecule has 0 amide bonds. The van der Waals surface area contributed by atoms with Crippen molar-refractivity contribution in [2.24, 2.45) is 0 Å². The van der Waals surface area contributed by atoms with Gasteiger partial charge in [-0.05, 0) is 83.5 Å². The fraction of sp³-hybridized carbons (Fsp3) is 0.829. The molecule has 0 fully saturated rings. The van der Waals surface area contributed by atoms with E-state index in [1.54, 1.807) is 0 Å². The lowest BCUT2D eigenvalue weighted by Crippen LogP contribution is -2.40. The van der Waals surface area contributed by atoms with E-state index in [1.807, 2.05) is 21.1 Å². The SMILES string of the molecule is CCCCCCC/C=C\C/C=C\C/C=C\CCCCCCCCCCCCCCCCCCCCCCCCCCC(=O)OC(COC(=O)CCCCCCCCCCC/C=C\C/C=C\CCCCCCC)COC(OCC[N+](C)(C)C)C(=O)O. The number of carboxylic acids is 1. The van der Waals surface area contributed by atoms with Crippen LogP contribution >= 0.6 is 0 Å². The normalized spacial score (nSPS) is 13.0. The zero-order valence-corrected chi connectivity index (χ0v) is 56.8. The molecule has 0 aromatic rings. The Morgan fingerprint density at radius 2 is 0.635 bits per heavy atom. The fourth-order valence-electron chi connectivity index (χ4n) is 10.6. The van der Waals surface area contributed by atoms with Gasteiger partial charge in [0.05, 0.1) is 34.4 Å². The van der Waals surface area contributed by atoms with Gasteiger partial charge in [-0.15, -0.1) is 0 Å². The minimum Gasteiger partial charge on any atom is -0.477 e. The van der Waals surface area contributed by atoms with Gasteiger partial charge in [0.15, 0.2) is 6.10 Å². The van der Waals surface area contributed by atoms with Crippen LogP contribution in [0.4, 0.5) is 0 Å². The molecule has 85 heavy (non-hydrogen) atoms. The lowest BCUT2D eigenvalue weighted by Gasteiger charge is -2.25.